The van der Waals surface area contributed by atoms with Crippen LogP contribution in [0, 0.1) is 11.6 Å². The zero-order valence-corrected chi connectivity index (χ0v) is 21.8. The van der Waals surface area contributed by atoms with Crippen LogP contribution < -0.4 is 15.0 Å². The highest BCUT2D eigenvalue weighted by Gasteiger charge is 2.49. The Kier molecular flexibility index (Phi) is 5.97. The quantitative estimate of drug-likeness (QED) is 0.466. The molecule has 0 spiro atoms. The minimum Gasteiger partial charge on any atom is -0.507 e. The van der Waals surface area contributed by atoms with E-state index in [1.807, 2.05) is 6.07 Å². The number of phenolic OH excluding ortho intramolecular Hbond substituents is 1. The molecule has 10 heteroatoms. The Bertz CT molecular complexity index is 1350. The van der Waals surface area contributed by atoms with E-state index < -0.39 is 17.4 Å². The van der Waals surface area contributed by atoms with Crippen molar-refractivity contribution in [2.24, 2.45) is 0 Å². The molecule has 3 fully saturated rings. The number of ether oxygens (including phenoxy) is 1. The first-order valence-corrected chi connectivity index (χ1v) is 13.2. The van der Waals surface area contributed by atoms with Gasteiger partial charge in [-0.15, -0.1) is 15.3 Å². The molecular weight excluding hydrogens is 490 g/mol. The summed E-state index contributed by atoms with van der Waals surface area (Å²) < 4.78 is 35.5. The van der Waals surface area contributed by atoms with Crippen LogP contribution in [-0.4, -0.2) is 55.8 Å². The molecule has 2 bridgehead atoms. The molecule has 0 unspecified atom stereocenters. The summed E-state index contributed by atoms with van der Waals surface area (Å²) in [6.45, 7) is 4.64. The number of piperidine rings is 2. The van der Waals surface area contributed by atoms with Crippen LogP contribution in [0.25, 0.3) is 22.4 Å². The number of fused-ring (bicyclic) bond motifs is 2. The summed E-state index contributed by atoms with van der Waals surface area (Å²) in [7, 11) is 1.40. The molecule has 38 heavy (non-hydrogen) atoms. The molecule has 0 amide bonds. The van der Waals surface area contributed by atoms with Crippen molar-refractivity contribution in [1.29, 1.82) is 0 Å². The van der Waals surface area contributed by atoms with Crippen LogP contribution in [0.2, 0.25) is 0 Å². The van der Waals surface area contributed by atoms with Crippen molar-refractivity contribution in [1.82, 2.24) is 25.7 Å². The predicted octanol–water partition coefficient (Wildman–Crippen LogP) is 5.02. The molecule has 3 aliphatic rings. The molecule has 2 saturated heterocycles. The number of aromatic nitrogens is 4. The number of aromatic hydroxyl groups is 1. The first kappa shape index (κ1) is 24.9. The van der Waals surface area contributed by atoms with Crippen LogP contribution >= 0.6 is 0 Å². The molecule has 8 nitrogen and oxygen atoms in total. The number of hydrogen-bond acceptors (Lipinski definition) is 8. The lowest BCUT2D eigenvalue weighted by Gasteiger charge is -2.55. The smallest absolute Gasteiger partial charge is 0.233 e. The van der Waals surface area contributed by atoms with E-state index in [1.165, 1.54) is 25.8 Å². The van der Waals surface area contributed by atoms with E-state index in [4.69, 9.17) is 4.74 Å². The van der Waals surface area contributed by atoms with Crippen molar-refractivity contribution in [3.05, 3.63) is 42.1 Å². The van der Waals surface area contributed by atoms with Crippen molar-refractivity contribution >= 4 is 5.82 Å². The van der Waals surface area contributed by atoms with Gasteiger partial charge in [-0.25, -0.2) is 8.78 Å². The molecule has 0 radical (unpaired) electrons. The lowest BCUT2D eigenvalue weighted by molar-refractivity contribution is 0.0766. The van der Waals surface area contributed by atoms with Crippen molar-refractivity contribution in [3.63, 3.8) is 0 Å². The SMILES string of the molecule is COc1cc(-c2cc(O)c(-c3ccc(N(C4CC4)[C@H]4C[C@]5(C)CCC[C@](C)(C4)N5)nn3)c(F)c2F)cnn1. The molecule has 1 aliphatic carbocycles. The zero-order valence-electron chi connectivity index (χ0n) is 21.8. The van der Waals surface area contributed by atoms with Gasteiger partial charge in [0.15, 0.2) is 17.5 Å². The summed E-state index contributed by atoms with van der Waals surface area (Å²) >= 11 is 0. The maximum Gasteiger partial charge on any atom is 0.233 e. The van der Waals surface area contributed by atoms with Crippen LogP contribution in [0.3, 0.4) is 0 Å². The second-order valence-corrected chi connectivity index (χ2v) is 11.5. The highest BCUT2D eigenvalue weighted by atomic mass is 19.2. The molecule has 200 valence electrons. The van der Waals surface area contributed by atoms with E-state index in [2.05, 4.69) is 44.5 Å². The van der Waals surface area contributed by atoms with Crippen molar-refractivity contribution < 1.29 is 18.6 Å². The Labute approximate surface area is 220 Å². The third kappa shape index (κ3) is 4.44. The first-order chi connectivity index (χ1) is 18.2. The fourth-order valence-corrected chi connectivity index (χ4v) is 6.62. The van der Waals surface area contributed by atoms with Gasteiger partial charge in [0.05, 0.1) is 24.6 Å². The average Bonchev–Trinajstić information content (AvgIpc) is 3.71. The normalized spacial score (nSPS) is 26.7. The highest BCUT2D eigenvalue weighted by Crippen LogP contribution is 2.45. The Morgan fingerprint density at radius 3 is 2.37 bits per heavy atom. The number of methoxy groups -OCH3 is 1. The monoisotopic (exact) mass is 522 g/mol. The number of nitrogens with one attached hydrogen (secondary N) is 1. The molecule has 2 aliphatic heterocycles. The van der Waals surface area contributed by atoms with Crippen molar-refractivity contribution in [3.8, 4) is 34.0 Å². The van der Waals surface area contributed by atoms with Gasteiger partial charge in [-0.2, -0.15) is 5.10 Å². The summed E-state index contributed by atoms with van der Waals surface area (Å²) in [6, 6.07) is 6.74. The molecule has 3 atom stereocenters. The third-order valence-corrected chi connectivity index (χ3v) is 8.28. The van der Waals surface area contributed by atoms with Gasteiger partial charge >= 0.3 is 0 Å². The Balaban J connectivity index is 1.31. The van der Waals surface area contributed by atoms with Gasteiger partial charge in [0.25, 0.3) is 0 Å². The van der Waals surface area contributed by atoms with Gasteiger partial charge in [-0.05, 0) is 77.0 Å². The predicted molar refractivity (Wildman–Crippen MR) is 139 cm³/mol. The molecule has 1 aromatic carbocycles. The third-order valence-electron chi connectivity index (χ3n) is 8.28. The minimum absolute atomic E-state index is 0.0662. The van der Waals surface area contributed by atoms with Gasteiger partial charge in [0.2, 0.25) is 5.88 Å². The summed E-state index contributed by atoms with van der Waals surface area (Å²) in [5.41, 5.74) is 0.00794. The molecule has 6 rings (SSSR count). The standard InChI is InChI=1S/C28H32F2N6O2/c1-27-9-4-10-28(2,35-27)14-18(13-27)36(17-5-6-17)22-8-7-20(32-33-22)24-21(37)12-19(25(29)26(24)30)16-11-23(38-3)34-31-15-16/h7-8,11-12,15,17-18,35,37H,4-6,9-10,13-14H2,1-3H3/t18-,27-,28+. The van der Waals surface area contributed by atoms with E-state index in [0.29, 0.717) is 12.1 Å². The van der Waals surface area contributed by atoms with E-state index in [1.54, 1.807) is 6.07 Å². The second-order valence-electron chi connectivity index (χ2n) is 11.5. The lowest BCUT2D eigenvalue weighted by atomic mass is 9.69. The van der Waals surface area contributed by atoms with Crippen LogP contribution in [0.4, 0.5) is 14.6 Å². The minimum atomic E-state index is -1.20. The second kappa shape index (κ2) is 9.11. The van der Waals surface area contributed by atoms with Crippen LogP contribution in [-0.2, 0) is 0 Å². The van der Waals surface area contributed by atoms with Gasteiger partial charge in [0.1, 0.15) is 5.75 Å². The number of rotatable bonds is 6. The van der Waals surface area contributed by atoms with E-state index in [-0.39, 0.29) is 39.3 Å². The fraction of sp³-hybridized carbons (Fsp3) is 0.500. The van der Waals surface area contributed by atoms with Gasteiger partial charge in [0, 0.05) is 40.4 Å². The molecule has 4 heterocycles. The number of halogens is 2. The maximum absolute atomic E-state index is 15.3. The van der Waals surface area contributed by atoms with Gasteiger partial charge in [-0.1, -0.05) is 0 Å². The van der Waals surface area contributed by atoms with Crippen LogP contribution in [0.15, 0.2) is 30.5 Å². The number of nitrogens with zero attached hydrogens (tertiary/aromatic N) is 5. The van der Waals surface area contributed by atoms with Crippen molar-refractivity contribution in [2.45, 2.75) is 82.0 Å². The maximum atomic E-state index is 15.3. The summed E-state index contributed by atoms with van der Waals surface area (Å²) in [4.78, 5) is 2.39. The largest absolute Gasteiger partial charge is 0.507 e. The van der Waals surface area contributed by atoms with Crippen LogP contribution in [0.1, 0.15) is 58.8 Å². The van der Waals surface area contributed by atoms with Gasteiger partial charge < -0.3 is 20.1 Å². The fourth-order valence-electron chi connectivity index (χ4n) is 6.62. The molecule has 3 aromatic rings. The first-order valence-electron chi connectivity index (χ1n) is 13.2. The number of hydrogen-bond donors (Lipinski definition) is 2. The molecular formula is C28H32F2N6O2. The number of anilines is 1. The van der Waals surface area contributed by atoms with E-state index >= 15 is 8.78 Å². The summed E-state index contributed by atoms with van der Waals surface area (Å²) in [6.07, 6.45) is 9.10. The van der Waals surface area contributed by atoms with Gasteiger partial charge in [-0.3, -0.25) is 0 Å². The average molecular weight is 523 g/mol. The highest BCUT2D eigenvalue weighted by molar-refractivity contribution is 5.75. The number of benzene rings is 1. The molecule has 2 aromatic heterocycles. The number of phenols is 1. The Morgan fingerprint density at radius 2 is 1.74 bits per heavy atom. The Hall–Kier alpha value is -3.40. The Morgan fingerprint density at radius 1 is 1.00 bits per heavy atom. The zero-order chi connectivity index (χ0) is 26.7. The summed E-state index contributed by atoms with van der Waals surface area (Å²) in [5, 5.41) is 30.8. The van der Waals surface area contributed by atoms with E-state index in [0.717, 1.165) is 50.4 Å². The van der Waals surface area contributed by atoms with E-state index in [9.17, 15) is 5.11 Å². The topological polar surface area (TPSA) is 96.3 Å². The van der Waals surface area contributed by atoms with Crippen LogP contribution in [0.5, 0.6) is 11.6 Å². The summed E-state index contributed by atoms with van der Waals surface area (Å²) in [5.74, 6) is -1.89. The molecule has 2 N–H and O–H groups in total. The molecule has 1 saturated carbocycles. The lowest BCUT2D eigenvalue weighted by Crippen LogP contribution is -2.67. The van der Waals surface area contributed by atoms with Crippen molar-refractivity contribution in [2.75, 3.05) is 12.0 Å².